The van der Waals surface area contributed by atoms with Gasteiger partial charge in [-0.2, -0.15) is 0 Å². The Bertz CT molecular complexity index is 1060. The van der Waals surface area contributed by atoms with Crippen LogP contribution in [0.2, 0.25) is 0 Å². The van der Waals surface area contributed by atoms with E-state index in [1.165, 1.54) is 37.1 Å². The van der Waals surface area contributed by atoms with Crippen LogP contribution in [0.15, 0.2) is 12.1 Å². The first-order valence-corrected chi connectivity index (χ1v) is 13.7. The predicted octanol–water partition coefficient (Wildman–Crippen LogP) is 0.000700. The van der Waals surface area contributed by atoms with Crippen molar-refractivity contribution in [2.75, 3.05) is 20.2 Å². The molecule has 2 heterocycles. The Kier molecular flexibility index (Phi) is 4.93. The molecule has 6 heteroatoms. The van der Waals surface area contributed by atoms with Gasteiger partial charge in [0.15, 0.2) is 11.5 Å². The van der Waals surface area contributed by atoms with Gasteiger partial charge in [-0.1, -0.05) is 26.8 Å². The summed E-state index contributed by atoms with van der Waals surface area (Å²) in [5.74, 6) is 1.87. The molecule has 1 aromatic carbocycles. The van der Waals surface area contributed by atoms with Crippen molar-refractivity contribution < 1.29 is 37.0 Å². The molecular weight excluding hydrogens is 462 g/mol. The Morgan fingerprint density at radius 2 is 1.89 bits per heavy atom. The maximum Gasteiger partial charge on any atom is 0.165 e. The number of halogens is 1. The zero-order valence-corrected chi connectivity index (χ0v) is 22.7. The van der Waals surface area contributed by atoms with Crippen LogP contribution in [0.1, 0.15) is 77.3 Å². The third-order valence-corrected chi connectivity index (χ3v) is 12.1. The molecule has 2 aliphatic heterocycles. The molecule has 0 amide bonds. The average molecular weight is 504 g/mol. The van der Waals surface area contributed by atoms with Crippen LogP contribution in [-0.2, 0) is 16.6 Å². The van der Waals surface area contributed by atoms with Crippen molar-refractivity contribution in [3.8, 4) is 11.5 Å². The second kappa shape index (κ2) is 7.09. The van der Waals surface area contributed by atoms with Crippen molar-refractivity contribution in [1.82, 2.24) is 0 Å². The van der Waals surface area contributed by atoms with E-state index in [0.717, 1.165) is 43.8 Å². The molecule has 1 saturated heterocycles. The van der Waals surface area contributed by atoms with Gasteiger partial charge in [-0.05, 0) is 56.1 Å². The number of piperidine rings is 1. The first-order valence-electron chi connectivity index (χ1n) is 13.7. The molecule has 4 saturated carbocycles. The van der Waals surface area contributed by atoms with Crippen molar-refractivity contribution in [2.24, 2.45) is 22.7 Å². The highest BCUT2D eigenvalue weighted by molar-refractivity contribution is 5.63. The maximum atomic E-state index is 12.2. The molecule has 8 atom stereocenters. The van der Waals surface area contributed by atoms with Gasteiger partial charge in [0, 0.05) is 42.8 Å². The van der Waals surface area contributed by atoms with E-state index >= 15 is 0 Å². The van der Waals surface area contributed by atoms with Gasteiger partial charge in [0.25, 0.3) is 0 Å². The molecule has 5 fully saturated rings. The first-order chi connectivity index (χ1) is 16.0. The molecule has 0 radical (unpaired) electrons. The van der Waals surface area contributed by atoms with Gasteiger partial charge >= 0.3 is 0 Å². The van der Waals surface area contributed by atoms with E-state index in [1.54, 1.807) is 4.90 Å². The van der Waals surface area contributed by atoms with Crippen molar-refractivity contribution in [3.63, 3.8) is 0 Å². The highest BCUT2D eigenvalue weighted by atomic mass is 35.5. The maximum absolute atomic E-state index is 12.2. The Hall–Kier alpha value is -1.01. The summed E-state index contributed by atoms with van der Waals surface area (Å²) in [5, 5.41) is 23.2. The Balaban J connectivity index is 0.00000229. The van der Waals surface area contributed by atoms with Crippen LogP contribution in [0.4, 0.5) is 0 Å². The first kappa shape index (κ1) is 24.3. The number of likely N-dealkylation sites (tertiary alicyclic amines) is 1. The largest absolute Gasteiger partial charge is 1.00 e. The van der Waals surface area contributed by atoms with E-state index in [4.69, 9.17) is 9.47 Å². The number of benzene rings is 1. The fourth-order valence-corrected chi connectivity index (χ4v) is 9.82. The lowest BCUT2D eigenvalue weighted by Gasteiger charge is -2.74. The summed E-state index contributed by atoms with van der Waals surface area (Å²) in [7, 11) is 1.83. The van der Waals surface area contributed by atoms with Gasteiger partial charge in [-0.3, -0.25) is 0 Å². The minimum atomic E-state index is -0.899. The number of aliphatic hydroxyl groups is 1. The van der Waals surface area contributed by atoms with Crippen molar-refractivity contribution in [1.29, 1.82) is 0 Å². The van der Waals surface area contributed by atoms with Crippen LogP contribution in [0, 0.1) is 22.7 Å². The van der Waals surface area contributed by atoms with E-state index in [1.807, 2.05) is 20.1 Å². The van der Waals surface area contributed by atoms with Crippen LogP contribution in [0.25, 0.3) is 0 Å². The number of nitrogens with one attached hydrogen (secondary N) is 1. The predicted molar refractivity (Wildman–Crippen MR) is 129 cm³/mol. The van der Waals surface area contributed by atoms with Gasteiger partial charge in [0.05, 0.1) is 30.1 Å². The SMILES string of the molecule is CO[C@]12CC[C@@]3(C[C@@H]1[C@@](C)(O)C(C)(C)C)[C@H]1Cc4ccc(O)c5c4[C@@]3(CC[NH+]1CC1CC1)[C@H]2O5.[Cl-]. The Morgan fingerprint density at radius 3 is 2.54 bits per heavy atom. The summed E-state index contributed by atoms with van der Waals surface area (Å²) in [4.78, 5) is 1.79. The van der Waals surface area contributed by atoms with E-state index < -0.39 is 11.2 Å². The van der Waals surface area contributed by atoms with Gasteiger partial charge in [0.1, 0.15) is 11.7 Å². The number of phenols is 1. The highest BCUT2D eigenvalue weighted by Gasteiger charge is 2.83. The molecule has 7 aliphatic rings. The highest BCUT2D eigenvalue weighted by Crippen LogP contribution is 2.76. The lowest BCUT2D eigenvalue weighted by molar-refractivity contribution is -0.945. The molecule has 35 heavy (non-hydrogen) atoms. The molecule has 3 N–H and O–H groups in total. The number of methoxy groups -OCH3 is 1. The normalized spacial score (nSPS) is 44.2. The quantitative estimate of drug-likeness (QED) is 0.541. The topological polar surface area (TPSA) is 63.4 Å². The second-order valence-corrected chi connectivity index (χ2v) is 13.9. The zero-order chi connectivity index (χ0) is 23.9. The molecule has 1 unspecified atom stereocenters. The Labute approximate surface area is 216 Å². The number of hydrogen-bond donors (Lipinski definition) is 3. The summed E-state index contributed by atoms with van der Waals surface area (Å²) >= 11 is 0. The molecule has 8 rings (SSSR count). The van der Waals surface area contributed by atoms with Crippen LogP contribution in [0.5, 0.6) is 11.5 Å². The molecule has 0 aromatic heterocycles. The molecule has 1 aromatic rings. The molecule has 194 valence electrons. The monoisotopic (exact) mass is 503 g/mol. The minimum Gasteiger partial charge on any atom is -1.00 e. The number of aromatic hydroxyl groups is 1. The number of phenolic OH excluding ortho intramolecular Hbond substituents is 1. The van der Waals surface area contributed by atoms with E-state index in [0.29, 0.717) is 6.04 Å². The van der Waals surface area contributed by atoms with Gasteiger partial charge < -0.3 is 37.0 Å². The summed E-state index contributed by atoms with van der Waals surface area (Å²) < 4.78 is 13.5. The molecule has 4 bridgehead atoms. The number of ether oxygens (including phenoxy) is 2. The summed E-state index contributed by atoms with van der Waals surface area (Å²) in [6.07, 6.45) is 7.82. The van der Waals surface area contributed by atoms with E-state index in [2.05, 4.69) is 26.8 Å². The lowest BCUT2D eigenvalue weighted by atomic mass is 9.33. The van der Waals surface area contributed by atoms with Crippen molar-refractivity contribution in [2.45, 2.75) is 101 Å². The van der Waals surface area contributed by atoms with Crippen LogP contribution >= 0.6 is 0 Å². The minimum absolute atomic E-state index is 0. The molecule has 5 aliphatic carbocycles. The standard InChI is InChI=1S/C29H41NO4.ClH/c1-25(2,3)26(4,32)20-15-27-10-11-29(20,33-5)24-28(27)12-13-30(16-17-6-7-17)21(27)14-18-8-9-19(31)23(34-24)22(18)28;/h8-9,17,20-21,24,31-32H,6-7,10-16H2,1-5H3;1H/t20-,21-,24-,26-,27-,28+,29-;/m1./s1. The number of quaternary nitrogens is 1. The number of rotatable bonds is 4. The molecule has 5 nitrogen and oxygen atoms in total. The fourth-order valence-electron chi connectivity index (χ4n) is 9.82. The second-order valence-electron chi connectivity index (χ2n) is 13.9. The average Bonchev–Trinajstić information content (AvgIpc) is 3.53. The summed E-state index contributed by atoms with van der Waals surface area (Å²) in [6, 6.07) is 4.57. The zero-order valence-electron chi connectivity index (χ0n) is 21.9. The van der Waals surface area contributed by atoms with Crippen molar-refractivity contribution in [3.05, 3.63) is 23.3 Å². The van der Waals surface area contributed by atoms with E-state index in [9.17, 15) is 10.2 Å². The van der Waals surface area contributed by atoms with Gasteiger partial charge in [-0.15, -0.1) is 0 Å². The Morgan fingerprint density at radius 1 is 1.14 bits per heavy atom. The smallest absolute Gasteiger partial charge is 0.165 e. The number of fused-ring (bicyclic) bond motifs is 2. The van der Waals surface area contributed by atoms with Crippen LogP contribution < -0.4 is 22.0 Å². The van der Waals surface area contributed by atoms with Crippen LogP contribution in [-0.4, -0.2) is 53.8 Å². The third-order valence-electron chi connectivity index (χ3n) is 12.1. The van der Waals surface area contributed by atoms with Crippen LogP contribution in [0.3, 0.4) is 0 Å². The summed E-state index contributed by atoms with van der Waals surface area (Å²) in [5.41, 5.74) is 0.900. The number of hydrogen-bond acceptors (Lipinski definition) is 4. The van der Waals surface area contributed by atoms with E-state index in [-0.39, 0.29) is 46.4 Å². The molecule has 2 spiro atoms. The van der Waals surface area contributed by atoms with Crippen molar-refractivity contribution >= 4 is 0 Å². The van der Waals surface area contributed by atoms with Gasteiger partial charge in [0.2, 0.25) is 0 Å². The summed E-state index contributed by atoms with van der Waals surface area (Å²) in [6.45, 7) is 11.0. The molecular formula is C29H42ClNO4. The van der Waals surface area contributed by atoms with Gasteiger partial charge in [-0.25, -0.2) is 0 Å². The lowest BCUT2D eigenvalue weighted by Crippen LogP contribution is -3.21. The third kappa shape index (κ3) is 2.62. The fraction of sp³-hybridized carbons (Fsp3) is 0.793.